The van der Waals surface area contributed by atoms with Crippen LogP contribution < -0.4 is 14.8 Å². The van der Waals surface area contributed by atoms with E-state index in [1.807, 2.05) is 19.1 Å². The number of anilines is 1. The van der Waals surface area contributed by atoms with Gasteiger partial charge in [0.25, 0.3) is 5.91 Å². The molecule has 0 bridgehead atoms. The van der Waals surface area contributed by atoms with E-state index in [4.69, 9.17) is 9.47 Å². The number of hydrogen-bond donors (Lipinski definition) is 1. The Morgan fingerprint density at radius 2 is 1.81 bits per heavy atom. The molecule has 0 aliphatic carbocycles. The van der Waals surface area contributed by atoms with Gasteiger partial charge < -0.3 is 14.8 Å². The molecule has 0 saturated heterocycles. The molecular formula is C22H22FN3O5S. The molecule has 10 heteroatoms. The first-order valence-corrected chi connectivity index (χ1v) is 10.9. The molecule has 32 heavy (non-hydrogen) atoms. The number of nitrogens with zero attached hydrogens (tertiary/aromatic N) is 2. The smallest absolute Gasteiger partial charge is 0.255 e. The van der Waals surface area contributed by atoms with Gasteiger partial charge in [0.15, 0.2) is 11.5 Å². The van der Waals surface area contributed by atoms with Crippen molar-refractivity contribution in [3.05, 3.63) is 71.7 Å². The Morgan fingerprint density at radius 3 is 2.44 bits per heavy atom. The SMILES string of the molecule is COc1cc(C)ccc1Oc1ccc(NC(=O)c2ccc(F)c(S(=O)(=O)N(C)C)c2)cn1. The summed E-state index contributed by atoms with van der Waals surface area (Å²) >= 11 is 0. The minimum atomic E-state index is -4.04. The van der Waals surface area contributed by atoms with Crippen LogP contribution in [0.25, 0.3) is 0 Å². The molecule has 1 amide bonds. The van der Waals surface area contributed by atoms with Gasteiger partial charge in [0.1, 0.15) is 10.7 Å². The molecule has 0 aliphatic heterocycles. The van der Waals surface area contributed by atoms with Crippen LogP contribution in [0.1, 0.15) is 15.9 Å². The van der Waals surface area contributed by atoms with E-state index in [0.29, 0.717) is 17.2 Å². The van der Waals surface area contributed by atoms with Gasteiger partial charge in [-0.3, -0.25) is 4.79 Å². The van der Waals surface area contributed by atoms with Crippen molar-refractivity contribution in [1.29, 1.82) is 0 Å². The number of pyridine rings is 1. The second-order valence-corrected chi connectivity index (χ2v) is 9.15. The molecule has 0 unspecified atom stereocenters. The zero-order valence-corrected chi connectivity index (χ0v) is 18.7. The van der Waals surface area contributed by atoms with Crippen molar-refractivity contribution in [2.75, 3.05) is 26.5 Å². The van der Waals surface area contributed by atoms with Gasteiger partial charge in [0, 0.05) is 25.7 Å². The number of methoxy groups -OCH3 is 1. The standard InChI is InChI=1S/C22H22FN3O5S/c1-14-5-9-18(19(11-14)30-4)31-21-10-7-16(13-24-21)25-22(27)15-6-8-17(23)20(12-15)32(28,29)26(2)3/h5-13H,1-4H3,(H,25,27). The predicted octanol–water partition coefficient (Wildman–Crippen LogP) is 3.83. The molecule has 0 saturated carbocycles. The van der Waals surface area contributed by atoms with Crippen LogP contribution in [0.5, 0.6) is 17.4 Å². The number of aromatic nitrogens is 1. The molecule has 0 aliphatic rings. The van der Waals surface area contributed by atoms with Gasteiger partial charge in [0.2, 0.25) is 15.9 Å². The van der Waals surface area contributed by atoms with E-state index in [-0.39, 0.29) is 11.4 Å². The number of nitrogens with one attached hydrogen (secondary N) is 1. The number of rotatable bonds is 7. The number of halogens is 1. The molecule has 0 fully saturated rings. The van der Waals surface area contributed by atoms with Crippen molar-refractivity contribution >= 4 is 21.6 Å². The summed E-state index contributed by atoms with van der Waals surface area (Å²) in [5.41, 5.74) is 1.35. The lowest BCUT2D eigenvalue weighted by Crippen LogP contribution is -2.24. The Balaban J connectivity index is 1.76. The van der Waals surface area contributed by atoms with Crippen molar-refractivity contribution < 1.29 is 27.1 Å². The molecule has 0 radical (unpaired) electrons. The van der Waals surface area contributed by atoms with Crippen LogP contribution in [0.4, 0.5) is 10.1 Å². The van der Waals surface area contributed by atoms with Crippen LogP contribution >= 0.6 is 0 Å². The Bertz CT molecular complexity index is 1240. The number of carbonyl (C=O) groups is 1. The molecule has 1 aromatic heterocycles. The summed E-state index contributed by atoms with van der Waals surface area (Å²) in [5.74, 6) is -0.223. The maximum atomic E-state index is 14.0. The first-order chi connectivity index (χ1) is 15.1. The quantitative estimate of drug-likeness (QED) is 0.577. The normalized spacial score (nSPS) is 11.3. The Hall–Kier alpha value is -3.50. The topological polar surface area (TPSA) is 97.8 Å². The summed E-state index contributed by atoms with van der Waals surface area (Å²) in [6.07, 6.45) is 1.38. The van der Waals surface area contributed by atoms with Gasteiger partial charge >= 0.3 is 0 Å². The highest BCUT2D eigenvalue weighted by Crippen LogP contribution is 2.31. The van der Waals surface area contributed by atoms with E-state index >= 15 is 0 Å². The van der Waals surface area contributed by atoms with Crippen molar-refractivity contribution in [3.8, 4) is 17.4 Å². The highest BCUT2D eigenvalue weighted by Gasteiger charge is 2.23. The molecule has 1 N–H and O–H groups in total. The zero-order chi connectivity index (χ0) is 23.5. The number of amides is 1. The Kier molecular flexibility index (Phi) is 6.75. The van der Waals surface area contributed by atoms with Crippen molar-refractivity contribution in [3.63, 3.8) is 0 Å². The second-order valence-electron chi connectivity index (χ2n) is 7.03. The van der Waals surface area contributed by atoms with E-state index in [0.717, 1.165) is 22.0 Å². The van der Waals surface area contributed by atoms with Crippen molar-refractivity contribution in [2.24, 2.45) is 0 Å². The Morgan fingerprint density at radius 1 is 1.06 bits per heavy atom. The average Bonchev–Trinajstić information content (AvgIpc) is 2.76. The number of aryl methyl sites for hydroxylation is 1. The number of benzene rings is 2. The van der Waals surface area contributed by atoms with E-state index < -0.39 is 26.6 Å². The fourth-order valence-electron chi connectivity index (χ4n) is 2.73. The lowest BCUT2D eigenvalue weighted by molar-refractivity contribution is 0.102. The first kappa shape index (κ1) is 23.2. The fourth-order valence-corrected chi connectivity index (χ4v) is 3.71. The van der Waals surface area contributed by atoms with Gasteiger partial charge in [0.05, 0.1) is 19.0 Å². The molecule has 168 valence electrons. The van der Waals surface area contributed by atoms with E-state index in [9.17, 15) is 17.6 Å². The lowest BCUT2D eigenvalue weighted by Gasteiger charge is -2.13. The molecule has 3 aromatic rings. The highest BCUT2D eigenvalue weighted by atomic mass is 32.2. The third-order valence-corrected chi connectivity index (χ3v) is 6.31. The highest BCUT2D eigenvalue weighted by molar-refractivity contribution is 7.89. The van der Waals surface area contributed by atoms with Crippen LogP contribution in [0, 0.1) is 12.7 Å². The van der Waals surface area contributed by atoms with E-state index in [1.165, 1.54) is 26.4 Å². The summed E-state index contributed by atoms with van der Waals surface area (Å²) in [4.78, 5) is 16.1. The molecule has 8 nitrogen and oxygen atoms in total. The number of sulfonamides is 1. The van der Waals surface area contributed by atoms with Gasteiger partial charge in [-0.2, -0.15) is 0 Å². The largest absolute Gasteiger partial charge is 0.493 e. The number of hydrogen-bond acceptors (Lipinski definition) is 6. The van der Waals surface area contributed by atoms with Crippen molar-refractivity contribution in [1.82, 2.24) is 9.29 Å². The van der Waals surface area contributed by atoms with Crippen LogP contribution in [0.2, 0.25) is 0 Å². The maximum Gasteiger partial charge on any atom is 0.255 e. The predicted molar refractivity (Wildman–Crippen MR) is 117 cm³/mol. The summed E-state index contributed by atoms with van der Waals surface area (Å²) in [6, 6.07) is 11.7. The molecule has 0 spiro atoms. The van der Waals surface area contributed by atoms with Crippen LogP contribution in [-0.4, -0.2) is 44.8 Å². The molecule has 1 heterocycles. The average molecular weight is 459 g/mol. The third-order valence-electron chi connectivity index (χ3n) is 4.48. The fraction of sp³-hybridized carbons (Fsp3) is 0.182. The summed E-state index contributed by atoms with van der Waals surface area (Å²) < 4.78 is 50.5. The summed E-state index contributed by atoms with van der Waals surface area (Å²) in [7, 11) is 0.0604. The van der Waals surface area contributed by atoms with Gasteiger partial charge in [-0.25, -0.2) is 22.1 Å². The monoisotopic (exact) mass is 459 g/mol. The van der Waals surface area contributed by atoms with Crippen LogP contribution in [0.15, 0.2) is 59.6 Å². The van der Waals surface area contributed by atoms with Crippen molar-refractivity contribution in [2.45, 2.75) is 11.8 Å². The zero-order valence-electron chi connectivity index (χ0n) is 17.9. The minimum absolute atomic E-state index is 0.0171. The maximum absolute atomic E-state index is 14.0. The molecule has 0 atom stereocenters. The number of ether oxygens (including phenoxy) is 2. The lowest BCUT2D eigenvalue weighted by atomic mass is 10.2. The minimum Gasteiger partial charge on any atom is -0.493 e. The van der Waals surface area contributed by atoms with Gasteiger partial charge in [-0.15, -0.1) is 0 Å². The van der Waals surface area contributed by atoms with Gasteiger partial charge in [-0.05, 0) is 48.9 Å². The van der Waals surface area contributed by atoms with Gasteiger partial charge in [-0.1, -0.05) is 6.07 Å². The molecule has 2 aromatic carbocycles. The second kappa shape index (κ2) is 9.33. The molecular weight excluding hydrogens is 437 g/mol. The van der Waals surface area contributed by atoms with E-state index in [2.05, 4.69) is 10.3 Å². The summed E-state index contributed by atoms with van der Waals surface area (Å²) in [6.45, 7) is 1.93. The first-order valence-electron chi connectivity index (χ1n) is 9.44. The van der Waals surface area contributed by atoms with Crippen LogP contribution in [0.3, 0.4) is 0 Å². The Labute approximate surface area is 185 Å². The molecule has 3 rings (SSSR count). The number of carbonyl (C=O) groups excluding carboxylic acids is 1. The third kappa shape index (κ3) is 5.04. The van der Waals surface area contributed by atoms with E-state index in [1.54, 1.807) is 25.3 Å². The van der Waals surface area contributed by atoms with Crippen LogP contribution in [-0.2, 0) is 10.0 Å². The summed E-state index contributed by atoms with van der Waals surface area (Å²) in [5, 5.41) is 2.59.